The molecule has 0 fully saturated rings. The molecular weight excluding hydrogens is 258 g/mol. The zero-order valence-corrected chi connectivity index (χ0v) is 14.3. The van der Waals surface area contributed by atoms with E-state index in [1.807, 2.05) is 0 Å². The van der Waals surface area contributed by atoms with Gasteiger partial charge in [0.15, 0.2) is 0 Å². The van der Waals surface area contributed by atoms with Gasteiger partial charge in [-0.25, -0.2) is 0 Å². The van der Waals surface area contributed by atoms with Crippen molar-refractivity contribution in [2.24, 2.45) is 0 Å². The van der Waals surface area contributed by atoms with E-state index in [-0.39, 0.29) is 6.10 Å². The normalized spacial score (nSPS) is 12.8. The third kappa shape index (κ3) is 8.23. The molecule has 0 bridgehead atoms. The second-order valence-corrected chi connectivity index (χ2v) is 6.25. The van der Waals surface area contributed by atoms with Gasteiger partial charge in [0, 0.05) is 19.2 Å². The summed E-state index contributed by atoms with van der Waals surface area (Å²) >= 11 is 0. The van der Waals surface area contributed by atoms with E-state index in [1.54, 1.807) is 0 Å². The SMILES string of the molecule is CCCCCCCOC(CNC(C)C)c1ccc(C)cc1. The third-order valence-electron chi connectivity index (χ3n) is 3.73. The Bertz CT molecular complexity index is 358. The maximum Gasteiger partial charge on any atom is 0.0949 e. The van der Waals surface area contributed by atoms with Crippen LogP contribution in [0, 0.1) is 6.92 Å². The fourth-order valence-corrected chi connectivity index (χ4v) is 2.33. The molecule has 0 heterocycles. The molecule has 0 spiro atoms. The first kappa shape index (κ1) is 18.2. The van der Waals surface area contributed by atoms with Gasteiger partial charge in [0.1, 0.15) is 0 Å². The van der Waals surface area contributed by atoms with Crippen molar-refractivity contribution >= 4 is 0 Å². The van der Waals surface area contributed by atoms with Crippen LogP contribution in [0.1, 0.15) is 70.1 Å². The Labute approximate surface area is 131 Å². The Morgan fingerprint density at radius 3 is 2.29 bits per heavy atom. The second kappa shape index (κ2) is 10.8. The largest absolute Gasteiger partial charge is 0.372 e. The number of nitrogens with one attached hydrogen (secondary N) is 1. The van der Waals surface area contributed by atoms with E-state index >= 15 is 0 Å². The summed E-state index contributed by atoms with van der Waals surface area (Å²) in [5, 5.41) is 3.49. The van der Waals surface area contributed by atoms with Gasteiger partial charge in [0.2, 0.25) is 0 Å². The van der Waals surface area contributed by atoms with Gasteiger partial charge in [0.05, 0.1) is 6.10 Å². The maximum absolute atomic E-state index is 6.14. The molecule has 1 unspecified atom stereocenters. The Balaban J connectivity index is 2.42. The molecule has 0 radical (unpaired) electrons. The fourth-order valence-electron chi connectivity index (χ4n) is 2.33. The predicted octanol–water partition coefficient (Wildman–Crippen LogP) is 5.02. The standard InChI is InChI=1S/C19H33NO/c1-5-6-7-8-9-14-21-19(15-20-16(2)3)18-12-10-17(4)11-13-18/h10-13,16,19-20H,5-9,14-15H2,1-4H3. The number of hydrogen-bond donors (Lipinski definition) is 1. The summed E-state index contributed by atoms with van der Waals surface area (Å²) in [6, 6.07) is 9.22. The molecular formula is C19H33NO. The quantitative estimate of drug-likeness (QED) is 0.578. The summed E-state index contributed by atoms with van der Waals surface area (Å²) in [6.45, 7) is 10.5. The molecule has 1 aromatic carbocycles. The van der Waals surface area contributed by atoms with Gasteiger partial charge < -0.3 is 10.1 Å². The number of rotatable bonds is 11. The highest BCUT2D eigenvalue weighted by atomic mass is 16.5. The molecule has 2 nitrogen and oxygen atoms in total. The molecule has 1 rings (SSSR count). The molecule has 2 heteroatoms. The molecule has 1 N–H and O–H groups in total. The van der Waals surface area contributed by atoms with E-state index < -0.39 is 0 Å². The van der Waals surface area contributed by atoms with Gasteiger partial charge in [-0.15, -0.1) is 0 Å². The lowest BCUT2D eigenvalue weighted by Crippen LogP contribution is -2.29. The van der Waals surface area contributed by atoms with Gasteiger partial charge in [0.25, 0.3) is 0 Å². The Morgan fingerprint density at radius 2 is 1.67 bits per heavy atom. The Morgan fingerprint density at radius 1 is 1.00 bits per heavy atom. The van der Waals surface area contributed by atoms with Crippen molar-refractivity contribution < 1.29 is 4.74 Å². The highest BCUT2D eigenvalue weighted by molar-refractivity contribution is 5.23. The molecule has 0 aliphatic rings. The molecule has 0 aromatic heterocycles. The van der Waals surface area contributed by atoms with Crippen LogP contribution >= 0.6 is 0 Å². The van der Waals surface area contributed by atoms with Crippen LogP contribution in [0.3, 0.4) is 0 Å². The van der Waals surface area contributed by atoms with Crippen molar-refractivity contribution in [1.82, 2.24) is 5.32 Å². The van der Waals surface area contributed by atoms with Crippen LogP contribution in [0.5, 0.6) is 0 Å². The lowest BCUT2D eigenvalue weighted by Gasteiger charge is -2.21. The number of hydrogen-bond acceptors (Lipinski definition) is 2. The van der Waals surface area contributed by atoms with Crippen LogP contribution < -0.4 is 5.32 Å². The third-order valence-corrected chi connectivity index (χ3v) is 3.73. The van der Waals surface area contributed by atoms with Gasteiger partial charge in [-0.1, -0.05) is 76.3 Å². The summed E-state index contributed by atoms with van der Waals surface area (Å²) in [6.07, 6.45) is 6.59. The van der Waals surface area contributed by atoms with E-state index in [2.05, 4.69) is 57.3 Å². The monoisotopic (exact) mass is 291 g/mol. The second-order valence-electron chi connectivity index (χ2n) is 6.25. The minimum absolute atomic E-state index is 0.166. The van der Waals surface area contributed by atoms with E-state index in [0.717, 1.165) is 13.2 Å². The average Bonchev–Trinajstić information content (AvgIpc) is 2.46. The van der Waals surface area contributed by atoms with Crippen LogP contribution in [-0.2, 0) is 4.74 Å². The molecule has 0 saturated carbocycles. The van der Waals surface area contributed by atoms with Crippen LogP contribution in [0.4, 0.5) is 0 Å². The summed E-state index contributed by atoms with van der Waals surface area (Å²) < 4.78 is 6.14. The molecule has 0 saturated heterocycles. The van der Waals surface area contributed by atoms with Gasteiger partial charge in [-0.3, -0.25) is 0 Å². The predicted molar refractivity (Wildman–Crippen MR) is 91.8 cm³/mol. The smallest absolute Gasteiger partial charge is 0.0949 e. The van der Waals surface area contributed by atoms with E-state index in [0.29, 0.717) is 6.04 Å². The van der Waals surface area contributed by atoms with E-state index in [9.17, 15) is 0 Å². The van der Waals surface area contributed by atoms with Crippen LogP contribution in [0.15, 0.2) is 24.3 Å². The van der Waals surface area contributed by atoms with E-state index in [4.69, 9.17) is 4.74 Å². The number of unbranched alkanes of at least 4 members (excludes halogenated alkanes) is 4. The molecule has 0 aliphatic carbocycles. The summed E-state index contributed by atoms with van der Waals surface area (Å²) in [5.74, 6) is 0. The topological polar surface area (TPSA) is 21.3 Å². The first-order valence-corrected chi connectivity index (χ1v) is 8.55. The first-order chi connectivity index (χ1) is 10.1. The van der Waals surface area contributed by atoms with Crippen molar-refractivity contribution in [3.8, 4) is 0 Å². The molecule has 21 heavy (non-hydrogen) atoms. The minimum Gasteiger partial charge on any atom is -0.372 e. The van der Waals surface area contributed by atoms with Crippen molar-refractivity contribution in [3.63, 3.8) is 0 Å². The molecule has 1 aromatic rings. The van der Waals surface area contributed by atoms with Crippen molar-refractivity contribution in [3.05, 3.63) is 35.4 Å². The molecule has 120 valence electrons. The zero-order valence-electron chi connectivity index (χ0n) is 14.3. The van der Waals surface area contributed by atoms with Crippen LogP contribution in [-0.4, -0.2) is 19.2 Å². The molecule has 0 amide bonds. The van der Waals surface area contributed by atoms with Crippen molar-refractivity contribution in [2.45, 2.75) is 71.9 Å². The first-order valence-electron chi connectivity index (χ1n) is 8.55. The minimum atomic E-state index is 0.166. The molecule has 1 atom stereocenters. The lowest BCUT2D eigenvalue weighted by molar-refractivity contribution is 0.0485. The average molecular weight is 291 g/mol. The van der Waals surface area contributed by atoms with Crippen molar-refractivity contribution in [1.29, 1.82) is 0 Å². The highest BCUT2D eigenvalue weighted by Gasteiger charge is 2.12. The number of aryl methyl sites for hydroxylation is 1. The van der Waals surface area contributed by atoms with Crippen LogP contribution in [0.2, 0.25) is 0 Å². The van der Waals surface area contributed by atoms with Crippen molar-refractivity contribution in [2.75, 3.05) is 13.2 Å². The van der Waals surface area contributed by atoms with Crippen LogP contribution in [0.25, 0.3) is 0 Å². The van der Waals surface area contributed by atoms with Gasteiger partial charge in [-0.05, 0) is 18.9 Å². The highest BCUT2D eigenvalue weighted by Crippen LogP contribution is 2.18. The van der Waals surface area contributed by atoms with Gasteiger partial charge >= 0.3 is 0 Å². The number of ether oxygens (including phenoxy) is 1. The lowest BCUT2D eigenvalue weighted by atomic mass is 10.1. The van der Waals surface area contributed by atoms with E-state index in [1.165, 1.54) is 43.2 Å². The Kier molecular flexibility index (Phi) is 9.36. The zero-order chi connectivity index (χ0) is 15.5. The van der Waals surface area contributed by atoms with Gasteiger partial charge in [-0.2, -0.15) is 0 Å². The molecule has 0 aliphatic heterocycles. The summed E-state index contributed by atoms with van der Waals surface area (Å²) in [5.41, 5.74) is 2.58. The maximum atomic E-state index is 6.14. The Hall–Kier alpha value is -0.860. The summed E-state index contributed by atoms with van der Waals surface area (Å²) in [7, 11) is 0. The fraction of sp³-hybridized carbons (Fsp3) is 0.684. The summed E-state index contributed by atoms with van der Waals surface area (Å²) in [4.78, 5) is 0. The number of benzene rings is 1.